The van der Waals surface area contributed by atoms with E-state index in [1.807, 2.05) is 43.1 Å². The van der Waals surface area contributed by atoms with Gasteiger partial charge in [0.05, 0.1) is 6.04 Å². The number of hydrogen-bond donors (Lipinski definition) is 0. The Hall–Kier alpha value is -2.76. The smallest absolute Gasteiger partial charge is 0.184 e. The summed E-state index contributed by atoms with van der Waals surface area (Å²) in [6.45, 7) is 11.0. The van der Waals surface area contributed by atoms with E-state index in [4.69, 9.17) is 11.6 Å². The van der Waals surface area contributed by atoms with E-state index in [9.17, 15) is 9.59 Å². The predicted molar refractivity (Wildman–Crippen MR) is 123 cm³/mol. The molecule has 1 aromatic heterocycles. The number of ketones is 2. The molecule has 6 heteroatoms. The lowest BCUT2D eigenvalue weighted by Gasteiger charge is -2.31. The van der Waals surface area contributed by atoms with Crippen LogP contribution in [0.3, 0.4) is 0 Å². The average Bonchev–Trinajstić information content (AvgIpc) is 2.68. The number of carbonyl (C=O) groups is 2. The normalized spacial score (nSPS) is 12.9. The van der Waals surface area contributed by atoms with Gasteiger partial charge < -0.3 is 4.90 Å². The Kier molecular flexibility index (Phi) is 7.71. The molecule has 30 heavy (non-hydrogen) atoms. The first kappa shape index (κ1) is 23.5. The maximum Gasteiger partial charge on any atom is 0.184 e. The highest BCUT2D eigenvalue weighted by atomic mass is 35.5. The number of carbonyl (C=O) groups excluding carboxylic acids is 2. The van der Waals surface area contributed by atoms with Gasteiger partial charge in [0.25, 0.3) is 0 Å². The van der Waals surface area contributed by atoms with Gasteiger partial charge in [-0.1, -0.05) is 30.8 Å². The Morgan fingerprint density at radius 3 is 2.07 bits per heavy atom. The molecular formula is C24H28ClN3O2. The molecule has 0 aliphatic carbocycles. The fraction of sp³-hybridized carbons (Fsp3) is 0.292. The number of aromatic nitrogens is 1. The lowest BCUT2D eigenvalue weighted by Crippen LogP contribution is -2.32. The molecule has 1 heterocycles. The Morgan fingerprint density at radius 1 is 0.967 bits per heavy atom. The van der Waals surface area contributed by atoms with Gasteiger partial charge in [-0.25, -0.2) is 0 Å². The second kappa shape index (κ2) is 9.83. The number of anilines is 1. The van der Waals surface area contributed by atoms with Gasteiger partial charge in [-0.3, -0.25) is 19.5 Å². The largest absolute Gasteiger partial charge is 0.360 e. The van der Waals surface area contributed by atoms with Gasteiger partial charge in [0.1, 0.15) is 6.04 Å². The molecule has 0 spiro atoms. The third-order valence-corrected chi connectivity index (χ3v) is 5.09. The van der Waals surface area contributed by atoms with Crippen LogP contribution < -0.4 is 4.90 Å². The van der Waals surface area contributed by atoms with E-state index < -0.39 is 12.1 Å². The number of likely N-dealkylation sites (N-methyl/N-ethyl adjacent to an activating group) is 2. The minimum atomic E-state index is -0.614. The summed E-state index contributed by atoms with van der Waals surface area (Å²) in [4.78, 5) is 33.6. The summed E-state index contributed by atoms with van der Waals surface area (Å²) in [7, 11) is 5.48. The molecule has 0 amide bonds. The lowest BCUT2D eigenvalue weighted by molar-refractivity contribution is -0.120. The molecule has 5 nitrogen and oxygen atoms in total. The highest BCUT2D eigenvalue weighted by molar-refractivity contribution is 6.31. The fourth-order valence-electron chi connectivity index (χ4n) is 3.35. The van der Waals surface area contributed by atoms with Gasteiger partial charge in [-0.2, -0.15) is 0 Å². The van der Waals surface area contributed by atoms with E-state index in [2.05, 4.69) is 18.1 Å². The summed E-state index contributed by atoms with van der Waals surface area (Å²) in [5.74, 6) is -0.202. The van der Waals surface area contributed by atoms with Gasteiger partial charge in [0.2, 0.25) is 0 Å². The van der Waals surface area contributed by atoms with Crippen molar-refractivity contribution >= 4 is 28.9 Å². The Balaban J connectivity index is 2.58. The van der Waals surface area contributed by atoms with Crippen LogP contribution in [0.4, 0.5) is 5.69 Å². The first-order chi connectivity index (χ1) is 14.0. The summed E-state index contributed by atoms with van der Waals surface area (Å²) in [6, 6.07) is 7.93. The molecule has 0 radical (unpaired) electrons. The van der Waals surface area contributed by atoms with Crippen molar-refractivity contribution in [2.75, 3.05) is 26.0 Å². The zero-order chi connectivity index (χ0) is 22.6. The Labute approximate surface area is 183 Å². The highest BCUT2D eigenvalue weighted by Gasteiger charge is 2.28. The second-order valence-electron chi connectivity index (χ2n) is 7.70. The maximum absolute atomic E-state index is 13.0. The van der Waals surface area contributed by atoms with Crippen molar-refractivity contribution in [2.45, 2.75) is 25.9 Å². The van der Waals surface area contributed by atoms with E-state index in [0.29, 0.717) is 21.9 Å². The summed E-state index contributed by atoms with van der Waals surface area (Å²) < 4.78 is 0. The summed E-state index contributed by atoms with van der Waals surface area (Å²) in [5.41, 5.74) is 3.10. The van der Waals surface area contributed by atoms with Crippen molar-refractivity contribution in [2.24, 2.45) is 0 Å². The lowest BCUT2D eigenvalue weighted by atomic mass is 9.95. The van der Waals surface area contributed by atoms with Crippen molar-refractivity contribution in [1.29, 1.82) is 0 Å². The number of Topliss-reactive ketones (excluding diaryl/α,β-unsaturated/α-hetero) is 2. The summed E-state index contributed by atoms with van der Waals surface area (Å²) in [5, 5.41) is 0.475. The molecule has 2 rings (SSSR count). The molecular weight excluding hydrogens is 398 g/mol. The van der Waals surface area contributed by atoms with Crippen LogP contribution in [0.1, 0.15) is 37.1 Å². The third kappa shape index (κ3) is 5.23. The Bertz CT molecular complexity index is 970. The van der Waals surface area contributed by atoms with E-state index >= 15 is 0 Å². The van der Waals surface area contributed by atoms with Gasteiger partial charge in [-0.05, 0) is 68.9 Å². The van der Waals surface area contributed by atoms with Crippen LogP contribution in [0.15, 0.2) is 67.0 Å². The van der Waals surface area contributed by atoms with Gasteiger partial charge in [0.15, 0.2) is 11.6 Å². The molecule has 2 unspecified atom stereocenters. The molecule has 0 aliphatic rings. The zero-order valence-electron chi connectivity index (χ0n) is 18.1. The van der Waals surface area contributed by atoms with Crippen molar-refractivity contribution in [3.63, 3.8) is 0 Å². The highest BCUT2D eigenvalue weighted by Crippen LogP contribution is 2.34. The van der Waals surface area contributed by atoms with E-state index in [-0.39, 0.29) is 11.6 Å². The van der Waals surface area contributed by atoms with Crippen LogP contribution in [0.5, 0.6) is 0 Å². The first-order valence-corrected chi connectivity index (χ1v) is 9.91. The van der Waals surface area contributed by atoms with Crippen LogP contribution >= 0.6 is 11.6 Å². The number of benzene rings is 1. The number of hydrogen-bond acceptors (Lipinski definition) is 5. The molecule has 1 aromatic carbocycles. The SMILES string of the molecule is C=C(C)C(=O)C(c1cc(Cl)cc(N(C)C(C(=O)C(=C)C)c2cccnc2)c1)N(C)C. The average molecular weight is 426 g/mol. The minimum Gasteiger partial charge on any atom is -0.360 e. The van der Waals surface area contributed by atoms with Crippen LogP contribution in [0, 0.1) is 0 Å². The second-order valence-corrected chi connectivity index (χ2v) is 8.13. The van der Waals surface area contributed by atoms with Gasteiger partial charge >= 0.3 is 0 Å². The minimum absolute atomic E-state index is 0.0855. The third-order valence-electron chi connectivity index (χ3n) is 4.87. The molecule has 2 aromatic rings. The Morgan fingerprint density at radius 2 is 1.57 bits per heavy atom. The van der Waals surface area contributed by atoms with E-state index in [1.165, 1.54) is 0 Å². The zero-order valence-corrected chi connectivity index (χ0v) is 18.9. The molecule has 158 valence electrons. The van der Waals surface area contributed by atoms with Gasteiger partial charge in [0, 0.05) is 35.7 Å². The molecule has 0 N–H and O–H groups in total. The summed E-state index contributed by atoms with van der Waals surface area (Å²) >= 11 is 6.43. The van der Waals surface area contributed by atoms with Crippen LogP contribution in [-0.4, -0.2) is 42.6 Å². The van der Waals surface area contributed by atoms with Crippen LogP contribution in [0.25, 0.3) is 0 Å². The standard InChI is InChI=1S/C24H28ClN3O2/c1-15(2)23(29)21(27(5)6)18-11-19(25)13-20(12-18)28(7)22(24(30)16(3)4)17-9-8-10-26-14-17/h8-14,21-22H,1,3H2,2,4-7H3. The topological polar surface area (TPSA) is 53.5 Å². The first-order valence-electron chi connectivity index (χ1n) is 9.53. The number of halogens is 1. The van der Waals surface area contributed by atoms with Crippen molar-refractivity contribution in [3.8, 4) is 0 Å². The molecule has 2 atom stereocenters. The number of pyridine rings is 1. The molecule has 0 saturated carbocycles. The maximum atomic E-state index is 13.0. The fourth-order valence-corrected chi connectivity index (χ4v) is 3.58. The van der Waals surface area contributed by atoms with E-state index in [0.717, 1.165) is 11.1 Å². The molecule has 0 aliphatic heterocycles. The molecule has 0 saturated heterocycles. The number of nitrogens with zero attached hydrogens (tertiary/aromatic N) is 3. The quantitative estimate of drug-likeness (QED) is 0.540. The van der Waals surface area contributed by atoms with Crippen molar-refractivity contribution < 1.29 is 9.59 Å². The number of rotatable bonds is 9. The van der Waals surface area contributed by atoms with Crippen LogP contribution in [-0.2, 0) is 9.59 Å². The van der Waals surface area contributed by atoms with Crippen molar-refractivity contribution in [1.82, 2.24) is 9.88 Å². The van der Waals surface area contributed by atoms with E-state index in [1.54, 1.807) is 44.4 Å². The predicted octanol–water partition coefficient (Wildman–Crippen LogP) is 4.81. The monoisotopic (exact) mass is 425 g/mol. The summed E-state index contributed by atoms with van der Waals surface area (Å²) in [6.07, 6.45) is 3.33. The van der Waals surface area contributed by atoms with Crippen LogP contribution in [0.2, 0.25) is 5.02 Å². The molecule has 0 bridgehead atoms. The molecule has 0 fully saturated rings. The van der Waals surface area contributed by atoms with Gasteiger partial charge in [-0.15, -0.1) is 0 Å². The van der Waals surface area contributed by atoms with Crippen molar-refractivity contribution in [3.05, 3.63) is 83.2 Å².